The molecule has 2 heteroatoms. The van der Waals surface area contributed by atoms with Crippen LogP contribution in [0.3, 0.4) is 0 Å². The summed E-state index contributed by atoms with van der Waals surface area (Å²) in [5, 5.41) is 12.0. The highest BCUT2D eigenvalue weighted by Crippen LogP contribution is 2.36. The van der Waals surface area contributed by atoms with Crippen LogP contribution in [0.25, 0.3) is 0 Å². The molecule has 3 aromatic rings. The molecule has 1 atom stereocenters. The van der Waals surface area contributed by atoms with E-state index in [9.17, 15) is 5.11 Å². The van der Waals surface area contributed by atoms with E-state index in [1.54, 1.807) is 0 Å². The Labute approximate surface area is 171 Å². The van der Waals surface area contributed by atoms with Crippen molar-refractivity contribution in [1.29, 1.82) is 0 Å². The van der Waals surface area contributed by atoms with Gasteiger partial charge in [0.05, 0.1) is 6.10 Å². The second-order valence-corrected chi connectivity index (χ2v) is 7.73. The van der Waals surface area contributed by atoms with Crippen LogP contribution in [0, 0.1) is 0 Å². The van der Waals surface area contributed by atoms with Crippen LogP contribution >= 0.6 is 15.9 Å². The van der Waals surface area contributed by atoms with Gasteiger partial charge in [-0.2, -0.15) is 0 Å². The summed E-state index contributed by atoms with van der Waals surface area (Å²) in [5.74, 6) is 0.126. The van der Waals surface area contributed by atoms with Gasteiger partial charge in [0.1, 0.15) is 0 Å². The molecule has 0 aliphatic heterocycles. The lowest BCUT2D eigenvalue weighted by molar-refractivity contribution is 0.162. The second kappa shape index (κ2) is 10.4. The van der Waals surface area contributed by atoms with Crippen LogP contribution in [0.4, 0.5) is 0 Å². The van der Waals surface area contributed by atoms with Crippen molar-refractivity contribution < 1.29 is 5.11 Å². The van der Waals surface area contributed by atoms with Crippen LogP contribution < -0.4 is 0 Å². The van der Waals surface area contributed by atoms with Gasteiger partial charge in [-0.25, -0.2) is 0 Å². The van der Waals surface area contributed by atoms with Gasteiger partial charge in [-0.05, 0) is 35.1 Å². The Morgan fingerprint density at radius 1 is 0.630 bits per heavy atom. The van der Waals surface area contributed by atoms with Crippen LogP contribution in [0.2, 0.25) is 0 Å². The predicted octanol–water partition coefficient (Wildman–Crippen LogP) is 6.86. The standard InChI is InChI=1S/C25H27BrO/c26-19-11-3-8-18-24(27)22-16-9-10-17-23(22)25(20-12-4-1-5-13-20)21-14-6-2-7-15-21/h1-2,4-7,9-10,12-17,24-25,27H,3,8,11,18-19H2. The Bertz CT molecular complexity index is 761. The van der Waals surface area contributed by atoms with Crippen molar-refractivity contribution in [3.63, 3.8) is 0 Å². The van der Waals surface area contributed by atoms with Gasteiger partial charge >= 0.3 is 0 Å². The monoisotopic (exact) mass is 422 g/mol. The molecule has 27 heavy (non-hydrogen) atoms. The number of rotatable bonds is 9. The van der Waals surface area contributed by atoms with Crippen molar-refractivity contribution in [2.75, 3.05) is 5.33 Å². The maximum Gasteiger partial charge on any atom is 0.0793 e. The van der Waals surface area contributed by atoms with E-state index in [1.165, 1.54) is 16.7 Å². The van der Waals surface area contributed by atoms with E-state index < -0.39 is 6.10 Å². The van der Waals surface area contributed by atoms with E-state index in [-0.39, 0.29) is 5.92 Å². The Hall–Kier alpha value is -1.90. The predicted molar refractivity (Wildman–Crippen MR) is 117 cm³/mol. The van der Waals surface area contributed by atoms with E-state index in [1.807, 2.05) is 6.07 Å². The summed E-state index contributed by atoms with van der Waals surface area (Å²) >= 11 is 3.48. The molecule has 0 amide bonds. The molecule has 0 aromatic heterocycles. The Morgan fingerprint density at radius 2 is 1.15 bits per heavy atom. The molecule has 0 saturated heterocycles. The summed E-state index contributed by atoms with van der Waals surface area (Å²) in [6.07, 6.45) is 3.73. The summed E-state index contributed by atoms with van der Waals surface area (Å²) < 4.78 is 0. The summed E-state index contributed by atoms with van der Waals surface area (Å²) in [7, 11) is 0. The number of aliphatic hydroxyl groups is 1. The number of benzene rings is 3. The number of hydrogen-bond donors (Lipinski definition) is 1. The first-order valence-corrected chi connectivity index (χ1v) is 10.9. The van der Waals surface area contributed by atoms with Gasteiger partial charge in [-0.1, -0.05) is 114 Å². The maximum absolute atomic E-state index is 10.9. The maximum atomic E-state index is 10.9. The van der Waals surface area contributed by atoms with Crippen LogP contribution in [0.1, 0.15) is 60.0 Å². The molecule has 0 spiro atoms. The molecule has 1 nitrogen and oxygen atoms in total. The molecular weight excluding hydrogens is 396 g/mol. The minimum Gasteiger partial charge on any atom is -0.388 e. The smallest absolute Gasteiger partial charge is 0.0793 e. The molecule has 0 aliphatic carbocycles. The van der Waals surface area contributed by atoms with Crippen molar-refractivity contribution >= 4 is 15.9 Å². The molecule has 0 radical (unpaired) electrons. The summed E-state index contributed by atoms with van der Waals surface area (Å²) in [5.41, 5.74) is 4.75. The highest BCUT2D eigenvalue weighted by atomic mass is 79.9. The Kier molecular flexibility index (Phi) is 7.67. The molecule has 0 heterocycles. The SMILES string of the molecule is OC(CCCCCBr)c1ccccc1C(c1ccccc1)c1ccccc1. The van der Waals surface area contributed by atoms with Gasteiger partial charge in [0.15, 0.2) is 0 Å². The molecule has 140 valence electrons. The lowest BCUT2D eigenvalue weighted by Crippen LogP contribution is -2.09. The van der Waals surface area contributed by atoms with E-state index in [0.717, 1.165) is 36.6 Å². The van der Waals surface area contributed by atoms with E-state index >= 15 is 0 Å². The molecular formula is C25H27BrO. The van der Waals surface area contributed by atoms with Gasteiger partial charge in [0, 0.05) is 11.2 Å². The normalized spacial score (nSPS) is 12.3. The molecule has 0 fully saturated rings. The van der Waals surface area contributed by atoms with Gasteiger partial charge in [-0.3, -0.25) is 0 Å². The zero-order valence-electron chi connectivity index (χ0n) is 15.6. The van der Waals surface area contributed by atoms with Crippen molar-refractivity contribution in [3.05, 3.63) is 107 Å². The fourth-order valence-corrected chi connectivity index (χ4v) is 4.08. The fraction of sp³-hybridized carbons (Fsp3) is 0.280. The number of halogens is 1. The average molecular weight is 423 g/mol. The minimum absolute atomic E-state index is 0.126. The quantitative estimate of drug-likeness (QED) is 0.227. The lowest BCUT2D eigenvalue weighted by atomic mass is 9.81. The molecule has 1 N–H and O–H groups in total. The third kappa shape index (κ3) is 5.31. The van der Waals surface area contributed by atoms with Crippen LogP contribution in [-0.4, -0.2) is 10.4 Å². The van der Waals surface area contributed by atoms with E-state index in [2.05, 4.69) is 94.8 Å². The van der Waals surface area contributed by atoms with Crippen LogP contribution in [0.15, 0.2) is 84.9 Å². The van der Waals surface area contributed by atoms with E-state index in [4.69, 9.17) is 0 Å². The molecule has 0 aliphatic rings. The molecule has 1 unspecified atom stereocenters. The van der Waals surface area contributed by atoms with Crippen molar-refractivity contribution in [1.82, 2.24) is 0 Å². The second-order valence-electron chi connectivity index (χ2n) is 6.94. The molecule has 0 saturated carbocycles. The van der Waals surface area contributed by atoms with Crippen LogP contribution in [-0.2, 0) is 0 Å². The number of unbranched alkanes of at least 4 members (excludes halogenated alkanes) is 2. The largest absolute Gasteiger partial charge is 0.388 e. The van der Waals surface area contributed by atoms with Crippen molar-refractivity contribution in [2.45, 2.75) is 37.7 Å². The first-order valence-electron chi connectivity index (χ1n) is 9.74. The lowest BCUT2D eigenvalue weighted by Gasteiger charge is -2.24. The summed E-state index contributed by atoms with van der Waals surface area (Å²) in [4.78, 5) is 0. The van der Waals surface area contributed by atoms with Crippen molar-refractivity contribution in [3.8, 4) is 0 Å². The number of aliphatic hydroxyl groups excluding tert-OH is 1. The third-order valence-electron chi connectivity index (χ3n) is 5.04. The first kappa shape index (κ1) is 19.9. The van der Waals surface area contributed by atoms with Crippen molar-refractivity contribution in [2.24, 2.45) is 0 Å². The van der Waals surface area contributed by atoms with Gasteiger partial charge < -0.3 is 5.11 Å². The van der Waals surface area contributed by atoms with E-state index in [0.29, 0.717) is 0 Å². The molecule has 3 aromatic carbocycles. The fourth-order valence-electron chi connectivity index (χ4n) is 3.68. The summed E-state index contributed by atoms with van der Waals surface area (Å²) in [6.45, 7) is 0. The Morgan fingerprint density at radius 3 is 1.70 bits per heavy atom. The molecule has 3 rings (SSSR count). The first-order chi connectivity index (χ1) is 13.3. The zero-order valence-corrected chi connectivity index (χ0v) is 17.2. The minimum atomic E-state index is -0.425. The highest BCUT2D eigenvalue weighted by Gasteiger charge is 2.22. The van der Waals surface area contributed by atoms with Crippen LogP contribution in [0.5, 0.6) is 0 Å². The summed E-state index contributed by atoms with van der Waals surface area (Å²) in [6, 6.07) is 29.5. The third-order valence-corrected chi connectivity index (χ3v) is 5.60. The topological polar surface area (TPSA) is 20.2 Å². The van der Waals surface area contributed by atoms with Gasteiger partial charge in [-0.15, -0.1) is 0 Å². The average Bonchev–Trinajstić information content (AvgIpc) is 2.73. The van der Waals surface area contributed by atoms with Gasteiger partial charge in [0.2, 0.25) is 0 Å². The number of alkyl halides is 1. The highest BCUT2D eigenvalue weighted by molar-refractivity contribution is 9.09. The number of hydrogen-bond acceptors (Lipinski definition) is 1. The Balaban J connectivity index is 1.96. The van der Waals surface area contributed by atoms with Gasteiger partial charge in [0.25, 0.3) is 0 Å². The molecule has 0 bridgehead atoms. The zero-order chi connectivity index (χ0) is 18.9.